The molecular weight excluding hydrogens is 358 g/mol. The van der Waals surface area contributed by atoms with Gasteiger partial charge in [0.1, 0.15) is 5.41 Å². The van der Waals surface area contributed by atoms with Crippen molar-refractivity contribution in [3.8, 4) is 6.07 Å². The molecule has 2 aromatic carbocycles. The van der Waals surface area contributed by atoms with Crippen molar-refractivity contribution in [2.75, 3.05) is 13.2 Å². The molecule has 1 aliphatic carbocycles. The number of benzene rings is 2. The zero-order chi connectivity index (χ0) is 18.1. The van der Waals surface area contributed by atoms with Crippen LogP contribution in [0, 0.1) is 16.7 Å². The molecule has 0 N–H and O–H groups in total. The second-order valence-corrected chi connectivity index (χ2v) is 8.61. The Kier molecular flexibility index (Phi) is 4.88. The van der Waals surface area contributed by atoms with E-state index >= 15 is 0 Å². The Labute approximate surface area is 152 Å². The Morgan fingerprint density at radius 1 is 1.20 bits per heavy atom. The summed E-state index contributed by atoms with van der Waals surface area (Å²) in [6.45, 7) is 2.32. The third kappa shape index (κ3) is 3.06. The molecule has 0 saturated heterocycles. The van der Waals surface area contributed by atoms with Crippen LogP contribution in [0.1, 0.15) is 18.4 Å². The molecule has 3 rings (SSSR count). The molecule has 0 unspecified atom stereocenters. The van der Waals surface area contributed by atoms with Crippen molar-refractivity contribution in [1.82, 2.24) is 0 Å². The van der Waals surface area contributed by atoms with E-state index in [-0.39, 0.29) is 11.5 Å². The van der Waals surface area contributed by atoms with Crippen LogP contribution in [0.4, 0.5) is 0 Å². The zero-order valence-electron chi connectivity index (χ0n) is 13.7. The molecule has 0 amide bonds. The van der Waals surface area contributed by atoms with Crippen LogP contribution in [0.25, 0.3) is 0 Å². The van der Waals surface area contributed by atoms with Gasteiger partial charge in [0.2, 0.25) is 0 Å². The monoisotopic (exact) mass is 375 g/mol. The fourth-order valence-corrected chi connectivity index (χ4v) is 5.93. The Morgan fingerprint density at radius 2 is 1.92 bits per heavy atom. The van der Waals surface area contributed by atoms with Crippen LogP contribution in [-0.2, 0) is 14.6 Å². The van der Waals surface area contributed by atoms with Crippen LogP contribution in [0.15, 0.2) is 59.5 Å². The maximum Gasteiger partial charge on any atom is 0.183 e. The second-order valence-electron chi connectivity index (χ2n) is 6.10. The van der Waals surface area contributed by atoms with E-state index < -0.39 is 26.4 Å². The first kappa shape index (κ1) is 17.9. The van der Waals surface area contributed by atoms with Crippen LogP contribution in [0.5, 0.6) is 0 Å². The standard InChI is InChI=1S/C19H18ClNO3S/c1-2-24-13-19(12-21)17(14-7-6-8-15(20)11-14)18(19)25(22,23)16-9-4-3-5-10-16/h3-11,17-18H,2,13H2,1H3/t17-,18+,19+/m1/s1. The van der Waals surface area contributed by atoms with Gasteiger partial charge in [-0.25, -0.2) is 8.42 Å². The molecule has 0 heterocycles. The first-order valence-electron chi connectivity index (χ1n) is 8.01. The van der Waals surface area contributed by atoms with Crippen molar-refractivity contribution >= 4 is 21.4 Å². The highest BCUT2D eigenvalue weighted by Crippen LogP contribution is 2.64. The number of nitriles is 1. The van der Waals surface area contributed by atoms with Crippen LogP contribution < -0.4 is 0 Å². The van der Waals surface area contributed by atoms with Gasteiger partial charge in [-0.05, 0) is 36.8 Å². The lowest BCUT2D eigenvalue weighted by molar-refractivity contribution is 0.117. The van der Waals surface area contributed by atoms with Gasteiger partial charge in [0.25, 0.3) is 0 Å². The van der Waals surface area contributed by atoms with E-state index in [1.54, 1.807) is 48.5 Å². The van der Waals surface area contributed by atoms with Crippen molar-refractivity contribution in [3.05, 3.63) is 65.2 Å². The molecule has 25 heavy (non-hydrogen) atoms. The Morgan fingerprint density at radius 3 is 2.52 bits per heavy atom. The van der Waals surface area contributed by atoms with Gasteiger partial charge in [-0.3, -0.25) is 0 Å². The van der Waals surface area contributed by atoms with E-state index in [9.17, 15) is 13.7 Å². The highest BCUT2D eigenvalue weighted by molar-refractivity contribution is 7.92. The van der Waals surface area contributed by atoms with Crippen molar-refractivity contribution < 1.29 is 13.2 Å². The zero-order valence-corrected chi connectivity index (χ0v) is 15.3. The summed E-state index contributed by atoms with van der Waals surface area (Å²) in [4.78, 5) is 0.223. The van der Waals surface area contributed by atoms with Gasteiger partial charge in [0.05, 0.1) is 22.8 Å². The summed E-state index contributed by atoms with van der Waals surface area (Å²) in [6, 6.07) is 17.5. The summed E-state index contributed by atoms with van der Waals surface area (Å²) in [5.41, 5.74) is -0.353. The summed E-state index contributed by atoms with van der Waals surface area (Å²) < 4.78 is 31.8. The average molecular weight is 376 g/mol. The van der Waals surface area contributed by atoms with E-state index in [4.69, 9.17) is 16.3 Å². The minimum absolute atomic E-state index is 0.0773. The third-order valence-electron chi connectivity index (χ3n) is 4.62. The highest BCUT2D eigenvalue weighted by Gasteiger charge is 2.72. The molecule has 1 aliphatic rings. The van der Waals surface area contributed by atoms with Crippen LogP contribution in [0.3, 0.4) is 0 Å². The molecule has 0 spiro atoms. The van der Waals surface area contributed by atoms with Crippen molar-refractivity contribution in [3.63, 3.8) is 0 Å². The predicted molar refractivity (Wildman–Crippen MR) is 96.1 cm³/mol. The molecular formula is C19H18ClNO3S. The molecule has 3 atom stereocenters. The van der Waals surface area contributed by atoms with Crippen molar-refractivity contribution in [1.29, 1.82) is 5.26 Å². The molecule has 6 heteroatoms. The van der Waals surface area contributed by atoms with Crippen molar-refractivity contribution in [2.24, 2.45) is 5.41 Å². The number of hydrogen-bond donors (Lipinski definition) is 0. The summed E-state index contributed by atoms with van der Waals surface area (Å²) in [6.07, 6.45) is 0. The van der Waals surface area contributed by atoms with Gasteiger partial charge >= 0.3 is 0 Å². The number of halogens is 1. The van der Waals surface area contributed by atoms with Gasteiger partial charge < -0.3 is 4.74 Å². The maximum atomic E-state index is 13.2. The topological polar surface area (TPSA) is 67.2 Å². The summed E-state index contributed by atoms with van der Waals surface area (Å²) in [5.74, 6) is -0.465. The molecule has 4 nitrogen and oxygen atoms in total. The minimum Gasteiger partial charge on any atom is -0.380 e. The van der Waals surface area contributed by atoms with E-state index in [0.29, 0.717) is 11.6 Å². The molecule has 2 aromatic rings. The molecule has 0 aliphatic heterocycles. The molecule has 0 radical (unpaired) electrons. The summed E-state index contributed by atoms with van der Waals surface area (Å²) in [5, 5.41) is 9.50. The summed E-state index contributed by atoms with van der Waals surface area (Å²) >= 11 is 6.07. The molecule has 1 saturated carbocycles. The fourth-order valence-electron chi connectivity index (χ4n) is 3.40. The number of ether oxygens (including phenoxy) is 1. The quantitative estimate of drug-likeness (QED) is 0.769. The number of sulfone groups is 1. The van der Waals surface area contributed by atoms with E-state index in [0.717, 1.165) is 5.56 Å². The SMILES string of the molecule is CCOC[C@@]1(C#N)[C@H](c2cccc(Cl)c2)[C@@H]1S(=O)(=O)c1ccccc1. The lowest BCUT2D eigenvalue weighted by atomic mass is 10.0. The minimum atomic E-state index is -3.67. The van der Waals surface area contributed by atoms with E-state index in [1.807, 2.05) is 13.0 Å². The van der Waals surface area contributed by atoms with Gasteiger partial charge in [0.15, 0.2) is 9.84 Å². The second kappa shape index (κ2) is 6.80. The third-order valence-corrected chi connectivity index (χ3v) is 7.15. The predicted octanol–water partition coefficient (Wildman–Crippen LogP) is 3.83. The van der Waals surface area contributed by atoms with Gasteiger partial charge in [-0.1, -0.05) is 41.9 Å². The Hall–Kier alpha value is -1.87. The number of nitrogens with zero attached hydrogens (tertiary/aromatic N) is 1. The fraction of sp³-hybridized carbons (Fsp3) is 0.316. The van der Waals surface area contributed by atoms with Gasteiger partial charge in [-0.15, -0.1) is 0 Å². The highest BCUT2D eigenvalue weighted by atomic mass is 35.5. The number of hydrogen-bond acceptors (Lipinski definition) is 4. The average Bonchev–Trinajstić information content (AvgIpc) is 3.31. The molecule has 0 bridgehead atoms. The van der Waals surface area contributed by atoms with Gasteiger partial charge in [0, 0.05) is 17.5 Å². The van der Waals surface area contributed by atoms with Crippen LogP contribution in [-0.4, -0.2) is 26.9 Å². The van der Waals surface area contributed by atoms with Crippen LogP contribution in [0.2, 0.25) is 5.02 Å². The molecule has 0 aromatic heterocycles. The Bertz CT molecular complexity index is 908. The normalized spacial score (nSPS) is 25.3. The lowest BCUT2D eigenvalue weighted by Gasteiger charge is -2.09. The van der Waals surface area contributed by atoms with Crippen molar-refractivity contribution in [2.45, 2.75) is 23.0 Å². The first-order valence-corrected chi connectivity index (χ1v) is 9.93. The largest absolute Gasteiger partial charge is 0.380 e. The van der Waals surface area contributed by atoms with Gasteiger partial charge in [-0.2, -0.15) is 5.26 Å². The maximum absolute atomic E-state index is 13.2. The number of rotatable bonds is 6. The Balaban J connectivity index is 2.08. The summed E-state index contributed by atoms with van der Waals surface area (Å²) in [7, 11) is -3.67. The van der Waals surface area contributed by atoms with E-state index in [1.165, 1.54) is 0 Å². The molecule has 130 valence electrons. The van der Waals surface area contributed by atoms with Crippen LogP contribution >= 0.6 is 11.6 Å². The lowest BCUT2D eigenvalue weighted by Crippen LogP contribution is -2.19. The van der Waals surface area contributed by atoms with E-state index in [2.05, 4.69) is 6.07 Å². The molecule has 1 fully saturated rings. The first-order chi connectivity index (χ1) is 12.0. The smallest absolute Gasteiger partial charge is 0.183 e.